The van der Waals surface area contributed by atoms with E-state index in [1.165, 1.54) is 60.0 Å². The van der Waals surface area contributed by atoms with Gasteiger partial charge in [-0.15, -0.1) is 47.2 Å². The number of carboxylic acid groups (broad SMARTS) is 1. The van der Waals surface area contributed by atoms with E-state index in [1.807, 2.05) is 0 Å². The van der Waals surface area contributed by atoms with Crippen molar-refractivity contribution in [3.05, 3.63) is 135 Å². The van der Waals surface area contributed by atoms with Gasteiger partial charge in [0.1, 0.15) is 5.69 Å². The van der Waals surface area contributed by atoms with Crippen LogP contribution in [0.4, 0.5) is 26.3 Å². The number of fused-ring (bicyclic) bond motifs is 6. The van der Waals surface area contributed by atoms with Gasteiger partial charge in [-0.05, 0) is 58.3 Å². The molecule has 16 heteroatoms. The molecule has 2 aromatic carbocycles. The fourth-order valence-electron chi connectivity index (χ4n) is 5.05. The Morgan fingerprint density at radius 2 is 1.08 bits per heavy atom. The Morgan fingerprint density at radius 1 is 0.660 bits per heavy atom. The molecule has 0 saturated heterocycles. The molecule has 5 heterocycles. The first-order chi connectivity index (χ1) is 23.1. The minimum atomic E-state index is -4.60. The van der Waals surface area contributed by atoms with Gasteiger partial charge in [0.25, 0.3) is 0 Å². The van der Waals surface area contributed by atoms with Gasteiger partial charge in [-0.1, -0.05) is 6.07 Å². The van der Waals surface area contributed by atoms with Gasteiger partial charge in [0.05, 0.1) is 0 Å². The molecule has 50 heavy (non-hydrogen) atoms. The molecule has 0 aliphatic carbocycles. The Bertz CT molecular complexity index is 2330. The van der Waals surface area contributed by atoms with Crippen molar-refractivity contribution < 1.29 is 56.3 Å². The zero-order valence-corrected chi connectivity index (χ0v) is 28.0. The van der Waals surface area contributed by atoms with Crippen LogP contribution >= 0.6 is 0 Å². The number of aryl methyl sites for hydroxylation is 2. The fraction of sp³-hybridized carbons (Fsp3) is 0.118. The van der Waals surface area contributed by atoms with Crippen molar-refractivity contribution in [2.75, 3.05) is 0 Å². The van der Waals surface area contributed by atoms with E-state index in [4.69, 9.17) is 5.11 Å². The Hall–Kier alpha value is -5.47. The summed E-state index contributed by atoms with van der Waals surface area (Å²) < 4.78 is 80.6. The number of carboxylic acids is 1. The number of pyridine rings is 5. The molecule has 0 spiro atoms. The maximum Gasteiger partial charge on any atom is 0.400 e. The Labute approximate surface area is 290 Å². The molecule has 259 valence electrons. The number of benzene rings is 2. The summed E-state index contributed by atoms with van der Waals surface area (Å²) in [6.45, 7) is 0. The third-order valence-electron chi connectivity index (χ3n) is 7.29. The van der Waals surface area contributed by atoms with Crippen LogP contribution in [0.15, 0.2) is 94.9 Å². The Kier molecular flexibility index (Phi) is 10.9. The summed E-state index contributed by atoms with van der Waals surface area (Å²) in [6.07, 6.45) is -4.80. The van der Waals surface area contributed by atoms with Crippen LogP contribution in [0.2, 0.25) is 0 Å². The molecule has 0 bridgehead atoms. The van der Waals surface area contributed by atoms with E-state index >= 15 is 0 Å². The quantitative estimate of drug-likeness (QED) is 0.112. The summed E-state index contributed by atoms with van der Waals surface area (Å²) in [4.78, 5) is 46.3. The first kappa shape index (κ1) is 37.3. The van der Waals surface area contributed by atoms with Gasteiger partial charge >= 0.3 is 18.3 Å². The molecular weight excluding hydrogens is 849 g/mol. The molecule has 0 aliphatic heterocycles. The minimum absolute atomic E-state index is 0. The van der Waals surface area contributed by atoms with Crippen LogP contribution in [0.25, 0.3) is 43.6 Å². The van der Waals surface area contributed by atoms with Gasteiger partial charge < -0.3 is 24.2 Å². The molecule has 5 aromatic heterocycles. The maximum absolute atomic E-state index is 13.0. The first-order valence-corrected chi connectivity index (χ1v) is 14.0. The van der Waals surface area contributed by atoms with Gasteiger partial charge in [0.2, 0.25) is 11.1 Å². The zero-order chi connectivity index (χ0) is 35.7. The van der Waals surface area contributed by atoms with Gasteiger partial charge in [-0.3, -0.25) is 9.59 Å². The number of nitrogens with zero attached hydrogens (tertiary/aromatic N) is 5. The van der Waals surface area contributed by atoms with Crippen LogP contribution in [-0.4, -0.2) is 35.2 Å². The van der Waals surface area contributed by atoms with Crippen LogP contribution in [-0.2, 0) is 46.6 Å². The average Bonchev–Trinajstić information content (AvgIpc) is 3.09. The summed E-state index contributed by atoms with van der Waals surface area (Å²) in [7, 11) is 2.86. The molecular formula is C34H21F6IrN5O4-2. The van der Waals surface area contributed by atoms with Crippen molar-refractivity contribution in [1.82, 2.24) is 24.1 Å². The summed E-state index contributed by atoms with van der Waals surface area (Å²) in [5.74, 6) is -0.990. The standard InChI is InChI=1S/2C14H8F3N2O.C6H5NO2.Ir/c2*1-19-10-6-3-7-18-12(10)8-4-2-5-9(14(15,16)17)11(8)13(19)20;8-6(9)5-3-1-2-4-7-5;/h2*2-3,5-7H,1H3;1-4H,(H,8,9);/q2*-1;;. The van der Waals surface area contributed by atoms with Gasteiger partial charge in [0, 0.05) is 74.9 Å². The molecule has 0 atom stereocenters. The van der Waals surface area contributed by atoms with Crippen LogP contribution in [0, 0.1) is 12.1 Å². The Morgan fingerprint density at radius 3 is 1.42 bits per heavy atom. The number of alkyl halides is 6. The third-order valence-corrected chi connectivity index (χ3v) is 7.29. The van der Waals surface area contributed by atoms with Gasteiger partial charge in [-0.2, -0.15) is 26.3 Å². The normalized spacial score (nSPS) is 11.4. The fourth-order valence-corrected chi connectivity index (χ4v) is 5.05. The van der Waals surface area contributed by atoms with Crippen molar-refractivity contribution in [3.8, 4) is 0 Å². The van der Waals surface area contributed by atoms with E-state index in [-0.39, 0.29) is 36.6 Å². The second-order valence-electron chi connectivity index (χ2n) is 10.3. The molecule has 0 fully saturated rings. The van der Waals surface area contributed by atoms with Crippen LogP contribution < -0.4 is 11.1 Å². The van der Waals surface area contributed by atoms with Crippen molar-refractivity contribution in [1.29, 1.82) is 0 Å². The predicted molar refractivity (Wildman–Crippen MR) is 168 cm³/mol. The molecule has 7 aromatic rings. The second-order valence-corrected chi connectivity index (χ2v) is 10.3. The van der Waals surface area contributed by atoms with E-state index < -0.39 is 51.3 Å². The molecule has 9 nitrogen and oxygen atoms in total. The van der Waals surface area contributed by atoms with E-state index in [0.717, 1.165) is 12.1 Å². The van der Waals surface area contributed by atoms with E-state index in [0.29, 0.717) is 22.1 Å². The number of rotatable bonds is 1. The average molecular weight is 870 g/mol. The topological polar surface area (TPSA) is 120 Å². The van der Waals surface area contributed by atoms with Crippen LogP contribution in [0.3, 0.4) is 0 Å². The summed E-state index contributed by atoms with van der Waals surface area (Å²) >= 11 is 0. The van der Waals surface area contributed by atoms with Crippen molar-refractivity contribution in [2.45, 2.75) is 12.4 Å². The second kappa shape index (κ2) is 14.6. The third kappa shape index (κ3) is 7.26. The van der Waals surface area contributed by atoms with Crippen LogP contribution in [0.1, 0.15) is 21.6 Å². The smallest absolute Gasteiger partial charge is 0.400 e. The number of carbonyl (C=O) groups is 1. The van der Waals surface area contributed by atoms with Crippen molar-refractivity contribution >= 4 is 49.6 Å². The predicted octanol–water partition coefficient (Wildman–Crippen LogP) is 6.59. The van der Waals surface area contributed by atoms with E-state index in [9.17, 15) is 40.7 Å². The first-order valence-electron chi connectivity index (χ1n) is 14.0. The number of aromatic nitrogens is 5. The molecule has 0 saturated carbocycles. The molecule has 7 rings (SSSR count). The zero-order valence-electron chi connectivity index (χ0n) is 25.6. The number of halogens is 6. The van der Waals surface area contributed by atoms with Gasteiger partial charge in [0.15, 0.2) is 0 Å². The minimum Gasteiger partial charge on any atom is -0.477 e. The van der Waals surface area contributed by atoms with Gasteiger partial charge in [-0.25, -0.2) is 9.78 Å². The number of hydrogen-bond donors (Lipinski definition) is 1. The summed E-state index contributed by atoms with van der Waals surface area (Å²) in [5, 5.41) is 7.72. The molecule has 0 unspecified atom stereocenters. The molecule has 0 aliphatic rings. The van der Waals surface area contributed by atoms with E-state index in [2.05, 4.69) is 27.1 Å². The SMILES string of the molecule is Cn1c(=O)c2c(C(F)(F)F)cc[c-]c2c2ncccc21.Cn1c(=O)c2c(C(F)(F)F)cc[c-]c2c2ncccc21.O=C(O)c1ccccn1.[Ir]. The monoisotopic (exact) mass is 870 g/mol. The van der Waals surface area contributed by atoms with Crippen molar-refractivity contribution in [2.24, 2.45) is 14.1 Å². The molecule has 1 radical (unpaired) electrons. The maximum atomic E-state index is 13.0. The van der Waals surface area contributed by atoms with Crippen LogP contribution in [0.5, 0.6) is 0 Å². The van der Waals surface area contributed by atoms with Crippen molar-refractivity contribution in [3.63, 3.8) is 0 Å². The summed E-state index contributed by atoms with van der Waals surface area (Å²) in [5.41, 5.74) is -1.64. The Balaban J connectivity index is 0.000000179. The largest absolute Gasteiger partial charge is 0.477 e. The number of hydrogen-bond acceptors (Lipinski definition) is 6. The molecule has 0 amide bonds. The van der Waals surface area contributed by atoms with E-state index in [1.54, 1.807) is 36.4 Å². The number of aromatic carboxylic acids is 1. The molecule has 1 N–H and O–H groups in total. The summed E-state index contributed by atoms with van der Waals surface area (Å²) in [6, 6.07) is 20.7.